The van der Waals surface area contributed by atoms with Crippen molar-refractivity contribution in [3.8, 4) is 0 Å². The Labute approximate surface area is 127 Å². The minimum atomic E-state index is -0.117. The molecule has 0 saturated heterocycles. The van der Waals surface area contributed by atoms with Crippen molar-refractivity contribution in [1.82, 2.24) is 20.0 Å². The van der Waals surface area contributed by atoms with Gasteiger partial charge in [0.1, 0.15) is 0 Å². The van der Waals surface area contributed by atoms with Crippen LogP contribution < -0.4 is 0 Å². The Kier molecular flexibility index (Phi) is 5.39. The molecule has 1 saturated carbocycles. The summed E-state index contributed by atoms with van der Waals surface area (Å²) in [5.74, 6) is 0.754. The SMILES string of the molecule is C[C@H](C(=O)N(C)C)N(C)Cc1cn[nH]c1C1CCCCC1. The molecule has 1 fully saturated rings. The molecule has 0 aliphatic heterocycles. The van der Waals surface area contributed by atoms with Gasteiger partial charge in [-0.05, 0) is 26.8 Å². The third-order valence-corrected chi connectivity index (χ3v) is 4.64. The van der Waals surface area contributed by atoms with Gasteiger partial charge in [0.25, 0.3) is 0 Å². The van der Waals surface area contributed by atoms with E-state index in [1.165, 1.54) is 43.4 Å². The van der Waals surface area contributed by atoms with Crippen molar-refractivity contribution in [3.63, 3.8) is 0 Å². The Morgan fingerprint density at radius 3 is 2.62 bits per heavy atom. The molecule has 1 N–H and O–H groups in total. The summed E-state index contributed by atoms with van der Waals surface area (Å²) >= 11 is 0. The molecule has 118 valence electrons. The van der Waals surface area contributed by atoms with E-state index in [0.717, 1.165) is 6.54 Å². The summed E-state index contributed by atoms with van der Waals surface area (Å²) in [4.78, 5) is 15.8. The predicted molar refractivity (Wildman–Crippen MR) is 84.0 cm³/mol. The van der Waals surface area contributed by atoms with Gasteiger partial charge in [0.2, 0.25) is 5.91 Å². The van der Waals surface area contributed by atoms with Crippen LogP contribution in [-0.2, 0) is 11.3 Å². The first kappa shape index (κ1) is 16.0. The van der Waals surface area contributed by atoms with E-state index in [9.17, 15) is 4.79 Å². The van der Waals surface area contributed by atoms with Crippen LogP contribution in [0.5, 0.6) is 0 Å². The molecule has 0 aromatic carbocycles. The van der Waals surface area contributed by atoms with Gasteiger partial charge in [-0.1, -0.05) is 19.3 Å². The first-order valence-electron chi connectivity index (χ1n) is 7.94. The largest absolute Gasteiger partial charge is 0.347 e. The van der Waals surface area contributed by atoms with Crippen LogP contribution in [0.4, 0.5) is 0 Å². The van der Waals surface area contributed by atoms with E-state index in [2.05, 4.69) is 15.1 Å². The number of rotatable bonds is 5. The summed E-state index contributed by atoms with van der Waals surface area (Å²) in [6.45, 7) is 2.73. The van der Waals surface area contributed by atoms with Crippen molar-refractivity contribution in [2.75, 3.05) is 21.1 Å². The second-order valence-corrected chi connectivity index (χ2v) is 6.47. The van der Waals surface area contributed by atoms with E-state index >= 15 is 0 Å². The summed E-state index contributed by atoms with van der Waals surface area (Å²) in [6.07, 6.45) is 8.42. The minimum Gasteiger partial charge on any atom is -0.347 e. The van der Waals surface area contributed by atoms with Crippen LogP contribution in [0.1, 0.15) is 56.2 Å². The molecule has 1 aliphatic rings. The minimum absolute atomic E-state index is 0.117. The molecule has 1 aromatic rings. The molecule has 0 bridgehead atoms. The maximum absolute atomic E-state index is 12.1. The van der Waals surface area contributed by atoms with Gasteiger partial charge >= 0.3 is 0 Å². The molecule has 0 unspecified atom stereocenters. The summed E-state index contributed by atoms with van der Waals surface area (Å²) in [5.41, 5.74) is 2.52. The smallest absolute Gasteiger partial charge is 0.239 e. The summed E-state index contributed by atoms with van der Waals surface area (Å²) in [7, 11) is 5.61. The highest BCUT2D eigenvalue weighted by Gasteiger charge is 2.24. The fraction of sp³-hybridized carbons (Fsp3) is 0.750. The molecule has 1 atom stereocenters. The van der Waals surface area contributed by atoms with Crippen LogP contribution in [0, 0.1) is 0 Å². The molecule has 2 rings (SSSR count). The normalized spacial score (nSPS) is 18.0. The molecule has 5 heteroatoms. The van der Waals surface area contributed by atoms with Gasteiger partial charge < -0.3 is 4.90 Å². The van der Waals surface area contributed by atoms with Crippen LogP contribution in [-0.4, -0.2) is 53.1 Å². The Morgan fingerprint density at radius 1 is 1.33 bits per heavy atom. The highest BCUT2D eigenvalue weighted by Crippen LogP contribution is 2.33. The first-order chi connectivity index (χ1) is 10.0. The summed E-state index contributed by atoms with van der Waals surface area (Å²) in [6, 6.07) is -0.117. The second-order valence-electron chi connectivity index (χ2n) is 6.47. The van der Waals surface area contributed by atoms with Crippen molar-refractivity contribution >= 4 is 5.91 Å². The zero-order valence-corrected chi connectivity index (χ0v) is 13.7. The molecule has 1 aliphatic carbocycles. The summed E-state index contributed by atoms with van der Waals surface area (Å²) < 4.78 is 0. The van der Waals surface area contributed by atoms with Crippen LogP contribution in [0.2, 0.25) is 0 Å². The zero-order chi connectivity index (χ0) is 15.4. The van der Waals surface area contributed by atoms with Gasteiger partial charge in [-0.2, -0.15) is 5.10 Å². The van der Waals surface area contributed by atoms with Crippen molar-refractivity contribution in [1.29, 1.82) is 0 Å². The zero-order valence-electron chi connectivity index (χ0n) is 13.7. The Morgan fingerprint density at radius 2 is 2.00 bits per heavy atom. The second kappa shape index (κ2) is 7.07. The number of likely N-dealkylation sites (N-methyl/N-ethyl adjacent to an activating group) is 2. The Balaban J connectivity index is 2.02. The lowest BCUT2D eigenvalue weighted by molar-refractivity contribution is -0.133. The lowest BCUT2D eigenvalue weighted by atomic mass is 9.85. The van der Waals surface area contributed by atoms with Crippen LogP contribution in [0.3, 0.4) is 0 Å². The molecule has 1 amide bonds. The third-order valence-electron chi connectivity index (χ3n) is 4.64. The van der Waals surface area contributed by atoms with Crippen LogP contribution in [0.25, 0.3) is 0 Å². The number of nitrogens with zero attached hydrogens (tertiary/aromatic N) is 3. The van der Waals surface area contributed by atoms with Gasteiger partial charge in [0, 0.05) is 37.8 Å². The monoisotopic (exact) mass is 292 g/mol. The van der Waals surface area contributed by atoms with Gasteiger partial charge in [-0.25, -0.2) is 0 Å². The number of aromatic amines is 1. The number of nitrogens with one attached hydrogen (secondary N) is 1. The number of carbonyl (C=O) groups is 1. The quantitative estimate of drug-likeness (QED) is 0.906. The fourth-order valence-electron chi connectivity index (χ4n) is 3.16. The molecule has 21 heavy (non-hydrogen) atoms. The van der Waals surface area contributed by atoms with Crippen LogP contribution >= 0.6 is 0 Å². The molecule has 5 nitrogen and oxygen atoms in total. The van der Waals surface area contributed by atoms with Crippen molar-refractivity contribution < 1.29 is 4.79 Å². The van der Waals surface area contributed by atoms with E-state index in [1.807, 2.05) is 20.2 Å². The lowest BCUT2D eigenvalue weighted by Gasteiger charge is -2.27. The number of aromatic nitrogens is 2. The fourth-order valence-corrected chi connectivity index (χ4v) is 3.16. The predicted octanol–water partition coefficient (Wildman–Crippen LogP) is 2.37. The third kappa shape index (κ3) is 3.84. The molecule has 1 heterocycles. The van der Waals surface area contributed by atoms with Gasteiger partial charge in [-0.3, -0.25) is 14.8 Å². The maximum atomic E-state index is 12.1. The topological polar surface area (TPSA) is 52.2 Å². The molecule has 0 spiro atoms. The standard InChI is InChI=1S/C16H28N4O/c1-12(16(21)19(2)3)20(4)11-14-10-17-18-15(14)13-8-6-5-7-9-13/h10,12-13H,5-9,11H2,1-4H3,(H,17,18)/t12-/m1/s1. The van der Waals surface area contributed by atoms with Gasteiger partial charge in [0.15, 0.2) is 0 Å². The first-order valence-corrected chi connectivity index (χ1v) is 7.94. The van der Waals surface area contributed by atoms with Gasteiger partial charge in [0.05, 0.1) is 12.2 Å². The highest BCUT2D eigenvalue weighted by molar-refractivity contribution is 5.80. The highest BCUT2D eigenvalue weighted by atomic mass is 16.2. The van der Waals surface area contributed by atoms with Crippen molar-refractivity contribution in [2.24, 2.45) is 0 Å². The maximum Gasteiger partial charge on any atom is 0.239 e. The van der Waals surface area contributed by atoms with E-state index in [4.69, 9.17) is 0 Å². The number of carbonyl (C=O) groups excluding carboxylic acids is 1. The van der Waals surface area contributed by atoms with Crippen LogP contribution in [0.15, 0.2) is 6.20 Å². The van der Waals surface area contributed by atoms with E-state index in [-0.39, 0.29) is 11.9 Å². The van der Waals surface area contributed by atoms with Gasteiger partial charge in [-0.15, -0.1) is 0 Å². The van der Waals surface area contributed by atoms with Crippen molar-refractivity contribution in [2.45, 2.75) is 57.5 Å². The van der Waals surface area contributed by atoms with E-state index in [1.54, 1.807) is 19.0 Å². The van der Waals surface area contributed by atoms with E-state index < -0.39 is 0 Å². The molecule has 0 radical (unpaired) electrons. The average Bonchev–Trinajstić information content (AvgIpc) is 2.94. The summed E-state index contributed by atoms with van der Waals surface area (Å²) in [5, 5.41) is 7.44. The van der Waals surface area contributed by atoms with Crippen molar-refractivity contribution in [3.05, 3.63) is 17.5 Å². The molecule has 1 aromatic heterocycles. The lowest BCUT2D eigenvalue weighted by Crippen LogP contribution is -2.42. The molecular formula is C16H28N4O. The van der Waals surface area contributed by atoms with E-state index in [0.29, 0.717) is 5.92 Å². The average molecular weight is 292 g/mol. The number of H-pyrrole nitrogens is 1. The Bertz CT molecular complexity index is 463. The number of amides is 1. The number of hydrogen-bond donors (Lipinski definition) is 1. The Hall–Kier alpha value is -1.36. The molecular weight excluding hydrogens is 264 g/mol. The number of hydrogen-bond acceptors (Lipinski definition) is 3.